The third-order valence-corrected chi connectivity index (χ3v) is 7.96. The van der Waals surface area contributed by atoms with Crippen molar-refractivity contribution in [1.82, 2.24) is 4.31 Å². The van der Waals surface area contributed by atoms with E-state index in [4.69, 9.17) is 4.74 Å². The van der Waals surface area contributed by atoms with Crippen molar-refractivity contribution in [3.8, 4) is 0 Å². The molecule has 5 heteroatoms. The quantitative estimate of drug-likeness (QED) is 0.674. The fourth-order valence-electron chi connectivity index (χ4n) is 4.59. The maximum absolute atomic E-state index is 12.9. The van der Waals surface area contributed by atoms with Crippen molar-refractivity contribution < 1.29 is 13.2 Å². The first-order valence-electron chi connectivity index (χ1n) is 10.2. The van der Waals surface area contributed by atoms with Gasteiger partial charge in [0, 0.05) is 12.6 Å². The summed E-state index contributed by atoms with van der Waals surface area (Å²) in [5.74, 6) is 0.273. The summed E-state index contributed by atoms with van der Waals surface area (Å²) >= 11 is 0. The van der Waals surface area contributed by atoms with Gasteiger partial charge in [-0.25, -0.2) is 8.42 Å². The summed E-state index contributed by atoms with van der Waals surface area (Å²) in [5, 5.41) is 0. The van der Waals surface area contributed by atoms with Crippen molar-refractivity contribution in [2.24, 2.45) is 5.41 Å². The first-order chi connectivity index (χ1) is 12.5. The van der Waals surface area contributed by atoms with Gasteiger partial charge in [0.25, 0.3) is 0 Å². The van der Waals surface area contributed by atoms with E-state index in [0.717, 1.165) is 24.8 Å². The average molecular weight is 380 g/mol. The van der Waals surface area contributed by atoms with E-state index < -0.39 is 10.0 Å². The van der Waals surface area contributed by atoms with Gasteiger partial charge in [-0.15, -0.1) is 0 Å². The minimum Gasteiger partial charge on any atom is -0.375 e. The van der Waals surface area contributed by atoms with Gasteiger partial charge in [-0.2, -0.15) is 4.31 Å². The normalized spacial score (nSPS) is 23.5. The van der Waals surface area contributed by atoms with Gasteiger partial charge in [-0.3, -0.25) is 0 Å². The smallest absolute Gasteiger partial charge is 0.214 e. The first kappa shape index (κ1) is 19.8. The lowest BCUT2D eigenvalue weighted by atomic mass is 9.73. The lowest BCUT2D eigenvalue weighted by Gasteiger charge is -2.33. The summed E-state index contributed by atoms with van der Waals surface area (Å²) in [6, 6.07) is 10.1. The largest absolute Gasteiger partial charge is 0.375 e. The van der Waals surface area contributed by atoms with Crippen molar-refractivity contribution in [1.29, 1.82) is 0 Å². The van der Waals surface area contributed by atoms with Gasteiger partial charge >= 0.3 is 0 Å². The molecule has 1 heterocycles. The standard InChI is InChI=1S/C21H33NO3S/c1-2-3-14-26(23,24)22-18-21(12-8-5-9-13-21)15-20(22)17-25-16-19-10-6-4-7-11-19/h4,6-7,10-11,20H,2-3,5,8-9,12-18H2,1H3/t20-/m1/s1. The van der Waals surface area contributed by atoms with E-state index in [1.165, 1.54) is 32.1 Å². The van der Waals surface area contributed by atoms with Crippen LogP contribution in [-0.2, 0) is 21.4 Å². The van der Waals surface area contributed by atoms with Crippen molar-refractivity contribution in [2.45, 2.75) is 70.9 Å². The molecule has 1 aliphatic carbocycles. The summed E-state index contributed by atoms with van der Waals surface area (Å²) in [6.45, 7) is 3.80. The molecular formula is C21H33NO3S. The molecule has 1 atom stereocenters. The number of benzene rings is 1. The molecule has 1 saturated carbocycles. The Balaban J connectivity index is 1.66. The predicted octanol–water partition coefficient (Wildman–Crippen LogP) is 4.36. The Bertz CT molecular complexity index is 653. The van der Waals surface area contributed by atoms with Crippen LogP contribution in [0.25, 0.3) is 0 Å². The fourth-order valence-corrected chi connectivity index (χ4v) is 6.54. The highest BCUT2D eigenvalue weighted by Gasteiger charge is 2.48. The van der Waals surface area contributed by atoms with Gasteiger partial charge in [0.05, 0.1) is 19.0 Å². The van der Waals surface area contributed by atoms with Crippen LogP contribution in [0.2, 0.25) is 0 Å². The summed E-state index contributed by atoms with van der Waals surface area (Å²) < 4.78 is 33.6. The molecule has 4 nitrogen and oxygen atoms in total. The Labute approximate surface area is 159 Å². The fraction of sp³-hybridized carbons (Fsp3) is 0.714. The van der Waals surface area contributed by atoms with Gasteiger partial charge in [0.2, 0.25) is 10.0 Å². The van der Waals surface area contributed by atoms with Crippen molar-refractivity contribution in [3.63, 3.8) is 0 Å². The van der Waals surface area contributed by atoms with Crippen molar-refractivity contribution in [3.05, 3.63) is 35.9 Å². The topological polar surface area (TPSA) is 46.6 Å². The summed E-state index contributed by atoms with van der Waals surface area (Å²) in [7, 11) is -3.19. The highest BCUT2D eigenvalue weighted by atomic mass is 32.2. The molecule has 0 unspecified atom stereocenters. The molecule has 1 aliphatic heterocycles. The molecule has 146 valence electrons. The van der Waals surface area contributed by atoms with Crippen LogP contribution in [0.1, 0.15) is 63.9 Å². The van der Waals surface area contributed by atoms with Crippen LogP contribution in [0.4, 0.5) is 0 Å². The lowest BCUT2D eigenvalue weighted by Crippen LogP contribution is -2.40. The van der Waals surface area contributed by atoms with Gasteiger partial charge < -0.3 is 4.74 Å². The van der Waals surface area contributed by atoms with E-state index in [0.29, 0.717) is 19.8 Å². The second-order valence-electron chi connectivity index (χ2n) is 8.13. The zero-order valence-corrected chi connectivity index (χ0v) is 16.8. The van der Waals surface area contributed by atoms with Crippen LogP contribution < -0.4 is 0 Å². The van der Waals surface area contributed by atoms with E-state index in [1.807, 2.05) is 37.3 Å². The molecule has 0 radical (unpaired) electrons. The molecule has 1 spiro atoms. The zero-order valence-electron chi connectivity index (χ0n) is 16.0. The minimum atomic E-state index is -3.19. The highest BCUT2D eigenvalue weighted by Crippen LogP contribution is 2.47. The maximum Gasteiger partial charge on any atom is 0.214 e. The molecule has 1 aromatic carbocycles. The van der Waals surface area contributed by atoms with Crippen LogP contribution in [0.3, 0.4) is 0 Å². The predicted molar refractivity (Wildman–Crippen MR) is 105 cm³/mol. The van der Waals surface area contributed by atoms with Crippen LogP contribution in [0.15, 0.2) is 30.3 Å². The Kier molecular flexibility index (Phi) is 6.76. The molecule has 0 amide bonds. The van der Waals surface area contributed by atoms with E-state index >= 15 is 0 Å². The molecule has 2 fully saturated rings. The van der Waals surface area contributed by atoms with Crippen LogP contribution in [0, 0.1) is 5.41 Å². The molecular weight excluding hydrogens is 346 g/mol. The van der Waals surface area contributed by atoms with E-state index in [9.17, 15) is 8.42 Å². The van der Waals surface area contributed by atoms with Gasteiger partial charge in [0.15, 0.2) is 0 Å². The molecule has 1 aromatic rings. The SMILES string of the molecule is CCCCS(=O)(=O)N1CC2(CCCCC2)C[C@@H]1COCc1ccccc1. The maximum atomic E-state index is 12.9. The third kappa shape index (κ3) is 4.87. The second kappa shape index (κ2) is 8.85. The van der Waals surface area contributed by atoms with Gasteiger partial charge in [-0.1, -0.05) is 62.9 Å². The first-order valence-corrected chi connectivity index (χ1v) is 11.8. The lowest BCUT2D eigenvalue weighted by molar-refractivity contribution is 0.0854. The number of nitrogens with zero attached hydrogens (tertiary/aromatic N) is 1. The highest BCUT2D eigenvalue weighted by molar-refractivity contribution is 7.89. The molecule has 3 rings (SSSR count). The van der Waals surface area contributed by atoms with Crippen molar-refractivity contribution in [2.75, 3.05) is 18.9 Å². The van der Waals surface area contributed by atoms with Gasteiger partial charge in [-0.05, 0) is 36.7 Å². The number of rotatable bonds is 8. The van der Waals surface area contributed by atoms with Crippen LogP contribution in [-0.4, -0.2) is 37.7 Å². The molecule has 2 aliphatic rings. The summed E-state index contributed by atoms with van der Waals surface area (Å²) in [4.78, 5) is 0. The van der Waals surface area contributed by atoms with Gasteiger partial charge in [0.1, 0.15) is 0 Å². The van der Waals surface area contributed by atoms with Crippen LogP contribution in [0.5, 0.6) is 0 Å². The number of unbranched alkanes of at least 4 members (excludes halogenated alkanes) is 1. The Morgan fingerprint density at radius 3 is 2.58 bits per heavy atom. The average Bonchev–Trinajstić information content (AvgIpc) is 3.00. The van der Waals surface area contributed by atoms with Crippen molar-refractivity contribution >= 4 is 10.0 Å². The number of hydrogen-bond donors (Lipinski definition) is 0. The molecule has 1 saturated heterocycles. The molecule has 0 N–H and O–H groups in total. The van der Waals surface area contributed by atoms with Crippen LogP contribution >= 0.6 is 0 Å². The molecule has 26 heavy (non-hydrogen) atoms. The number of sulfonamides is 1. The Morgan fingerprint density at radius 1 is 1.15 bits per heavy atom. The molecule has 0 aromatic heterocycles. The third-order valence-electron chi connectivity index (χ3n) is 6.02. The van der Waals surface area contributed by atoms with E-state index in [2.05, 4.69) is 0 Å². The number of ether oxygens (including phenoxy) is 1. The Morgan fingerprint density at radius 2 is 1.88 bits per heavy atom. The van der Waals surface area contributed by atoms with E-state index in [1.54, 1.807) is 4.31 Å². The number of hydrogen-bond acceptors (Lipinski definition) is 3. The minimum absolute atomic E-state index is 0.00123. The molecule has 0 bridgehead atoms. The summed E-state index contributed by atoms with van der Waals surface area (Å²) in [6.07, 6.45) is 8.72. The Hall–Kier alpha value is -0.910. The summed E-state index contributed by atoms with van der Waals surface area (Å²) in [5.41, 5.74) is 1.33. The monoisotopic (exact) mass is 379 g/mol. The second-order valence-corrected chi connectivity index (χ2v) is 10.2. The van der Waals surface area contributed by atoms with E-state index in [-0.39, 0.29) is 17.2 Å². The zero-order chi connectivity index (χ0) is 18.5.